The van der Waals surface area contributed by atoms with E-state index in [9.17, 15) is 9.90 Å². The van der Waals surface area contributed by atoms with Crippen molar-refractivity contribution in [3.8, 4) is 22.5 Å². The van der Waals surface area contributed by atoms with Crippen LogP contribution >= 0.6 is 0 Å². The minimum absolute atomic E-state index is 0.0312. The molecule has 3 aliphatic rings. The number of halogens is 1. The predicted molar refractivity (Wildman–Crippen MR) is 203 cm³/mol. The number of fused-ring (bicyclic) bond motifs is 1. The van der Waals surface area contributed by atoms with Gasteiger partial charge in [-0.2, -0.15) is 0 Å². The fraction of sp³-hybridized carbons (Fsp3) is 0.537. The zero-order valence-corrected chi connectivity index (χ0v) is 30.8. The van der Waals surface area contributed by atoms with Gasteiger partial charge in [-0.3, -0.25) is 0 Å². The van der Waals surface area contributed by atoms with Gasteiger partial charge in [0.25, 0.3) is 0 Å². The average molecular weight is 712 g/mol. The van der Waals surface area contributed by atoms with Gasteiger partial charge in [-0.15, -0.1) is 0 Å². The second-order valence-electron chi connectivity index (χ2n) is 15.6. The number of aliphatic hydroxyl groups excluding tert-OH is 1. The highest BCUT2D eigenvalue weighted by atomic mass is 19.1. The van der Waals surface area contributed by atoms with Crippen LogP contribution in [0.25, 0.3) is 33.5 Å². The van der Waals surface area contributed by atoms with Crippen molar-refractivity contribution in [3.63, 3.8) is 0 Å². The molecule has 4 N–H and O–H groups in total. The number of aliphatic hydroxyl groups is 1. The van der Waals surface area contributed by atoms with Gasteiger partial charge in [-0.1, -0.05) is 38.1 Å². The highest BCUT2D eigenvalue weighted by molar-refractivity contribution is 5.97. The Balaban J connectivity index is 0.978. The summed E-state index contributed by atoms with van der Waals surface area (Å²) in [6, 6.07) is 12.8. The molecule has 0 radical (unpaired) electrons. The quantitative estimate of drug-likeness (QED) is 0.133. The largest absolute Gasteiger partial charge is 0.391 e. The second-order valence-corrected chi connectivity index (χ2v) is 15.6. The normalized spacial score (nSPS) is 20.7. The zero-order chi connectivity index (χ0) is 36.2. The van der Waals surface area contributed by atoms with Crippen molar-refractivity contribution >= 4 is 22.8 Å². The molecule has 2 atom stereocenters. The van der Waals surface area contributed by atoms with Crippen LogP contribution in [0, 0.1) is 30.5 Å². The number of piperidine rings is 2. The maximum Gasteiger partial charge on any atom is 0.321 e. The molecule has 0 aliphatic carbocycles. The van der Waals surface area contributed by atoms with Gasteiger partial charge < -0.3 is 35.3 Å². The third-order valence-corrected chi connectivity index (χ3v) is 11.4. The average Bonchev–Trinajstić information content (AvgIpc) is 3.75. The number of carbonyl (C=O) groups is 1. The van der Waals surface area contributed by atoms with Gasteiger partial charge in [0.05, 0.1) is 24.5 Å². The van der Waals surface area contributed by atoms with Crippen LogP contribution in [0.5, 0.6) is 0 Å². The van der Waals surface area contributed by atoms with E-state index in [-0.39, 0.29) is 18.5 Å². The number of ether oxygens (including phenoxy) is 1. The van der Waals surface area contributed by atoms with Gasteiger partial charge >= 0.3 is 6.03 Å². The lowest BCUT2D eigenvalue weighted by Crippen LogP contribution is -2.38. The van der Waals surface area contributed by atoms with Gasteiger partial charge in [0.2, 0.25) is 0 Å². The second kappa shape index (κ2) is 16.4. The smallest absolute Gasteiger partial charge is 0.321 e. The zero-order valence-electron chi connectivity index (χ0n) is 30.8. The lowest BCUT2D eigenvalue weighted by molar-refractivity contribution is -0.00341. The first kappa shape index (κ1) is 36.5. The lowest BCUT2D eigenvalue weighted by atomic mass is 9.94. The number of aromatic nitrogens is 3. The van der Waals surface area contributed by atoms with Crippen LogP contribution in [0.3, 0.4) is 0 Å². The van der Waals surface area contributed by atoms with Gasteiger partial charge in [0.15, 0.2) is 0 Å². The number of likely N-dealkylation sites (tertiary alicyclic amines) is 2. The van der Waals surface area contributed by atoms with E-state index >= 15 is 4.39 Å². The molecule has 5 heterocycles. The van der Waals surface area contributed by atoms with Gasteiger partial charge in [0, 0.05) is 54.4 Å². The Labute approximate surface area is 306 Å². The summed E-state index contributed by atoms with van der Waals surface area (Å²) in [5.74, 6) is 0.854. The van der Waals surface area contributed by atoms with Crippen molar-refractivity contribution in [2.45, 2.75) is 78.1 Å². The summed E-state index contributed by atoms with van der Waals surface area (Å²) in [7, 11) is 0. The first-order valence-corrected chi connectivity index (χ1v) is 19.2. The van der Waals surface area contributed by atoms with Crippen LogP contribution in [0.1, 0.15) is 63.5 Å². The maximum atomic E-state index is 15.1. The fourth-order valence-corrected chi connectivity index (χ4v) is 8.25. The molecular weight excluding hydrogens is 657 g/mol. The Morgan fingerprint density at radius 2 is 1.83 bits per heavy atom. The third kappa shape index (κ3) is 8.65. The van der Waals surface area contributed by atoms with Crippen LogP contribution in [0.2, 0.25) is 0 Å². The number of benzene rings is 2. The van der Waals surface area contributed by atoms with Crippen molar-refractivity contribution in [1.29, 1.82) is 0 Å². The topological polar surface area (TPSA) is 119 Å². The summed E-state index contributed by atoms with van der Waals surface area (Å²) in [6.45, 7) is 13.2. The third-order valence-electron chi connectivity index (χ3n) is 11.4. The van der Waals surface area contributed by atoms with E-state index in [1.54, 1.807) is 4.90 Å². The molecule has 52 heavy (non-hydrogen) atoms. The number of urea groups is 1. The van der Waals surface area contributed by atoms with Crippen molar-refractivity contribution in [1.82, 2.24) is 30.1 Å². The van der Waals surface area contributed by atoms with Gasteiger partial charge in [0.1, 0.15) is 17.8 Å². The molecule has 11 heteroatoms. The minimum atomic E-state index is -0.564. The van der Waals surface area contributed by atoms with Gasteiger partial charge in [-0.25, -0.2) is 19.2 Å². The number of hydrogen-bond acceptors (Lipinski definition) is 7. The highest BCUT2D eigenvalue weighted by Crippen LogP contribution is 2.35. The van der Waals surface area contributed by atoms with Crippen molar-refractivity contribution in [2.75, 3.05) is 51.1 Å². The highest BCUT2D eigenvalue weighted by Gasteiger charge is 2.34. The Morgan fingerprint density at radius 1 is 1.06 bits per heavy atom. The number of amides is 2. The molecule has 278 valence electrons. The Kier molecular flexibility index (Phi) is 11.5. The van der Waals surface area contributed by atoms with Crippen LogP contribution in [-0.4, -0.2) is 93.9 Å². The number of carbonyl (C=O) groups excluding carboxylic acids is 1. The molecule has 3 fully saturated rings. The Hall–Kier alpha value is -3.90. The lowest BCUT2D eigenvalue weighted by Gasteiger charge is -2.33. The number of rotatable bonds is 11. The van der Waals surface area contributed by atoms with Crippen molar-refractivity contribution in [3.05, 3.63) is 65.7 Å². The monoisotopic (exact) mass is 711 g/mol. The first-order chi connectivity index (χ1) is 25.2. The SMILES string of the molecule is Cc1c(NC(=O)N2C[C@H](CC(C)C)[C@@H](O)C2)cc(F)cc1-c1ncnc2[nH]c(-c3ccc(COC4CCN(CCC5CCNCC5)CC4)cc3)cc12. The van der Waals surface area contributed by atoms with E-state index in [4.69, 9.17) is 4.74 Å². The van der Waals surface area contributed by atoms with E-state index < -0.39 is 11.9 Å². The number of anilines is 1. The molecule has 0 unspecified atom stereocenters. The van der Waals surface area contributed by atoms with Crippen LogP contribution < -0.4 is 10.6 Å². The molecular formula is C41H54FN7O3. The molecule has 0 saturated carbocycles. The maximum absolute atomic E-state index is 15.1. The summed E-state index contributed by atoms with van der Waals surface area (Å²) >= 11 is 0. The number of nitrogens with one attached hydrogen (secondary N) is 3. The molecule has 3 aliphatic heterocycles. The van der Waals surface area contributed by atoms with E-state index in [2.05, 4.69) is 68.6 Å². The summed E-state index contributed by atoms with van der Waals surface area (Å²) in [6.07, 6.45) is 8.18. The Morgan fingerprint density at radius 3 is 2.58 bits per heavy atom. The van der Waals surface area contributed by atoms with Crippen LogP contribution in [0.15, 0.2) is 48.8 Å². The molecule has 10 nitrogen and oxygen atoms in total. The van der Waals surface area contributed by atoms with Crippen molar-refractivity contribution in [2.24, 2.45) is 17.8 Å². The Bertz CT molecular complexity index is 1820. The minimum Gasteiger partial charge on any atom is -0.391 e. The molecule has 0 spiro atoms. The van der Waals surface area contributed by atoms with Crippen molar-refractivity contribution < 1.29 is 19.0 Å². The van der Waals surface area contributed by atoms with Gasteiger partial charge in [-0.05, 0) is 112 Å². The number of nitrogens with zero attached hydrogens (tertiary/aromatic N) is 4. The first-order valence-electron chi connectivity index (χ1n) is 19.2. The number of β-amino-alcohol motifs (C(OH)–C–C–N with tert-alkyl or cyclic N) is 1. The molecule has 3 saturated heterocycles. The van der Waals surface area contributed by atoms with Crippen LogP contribution in [-0.2, 0) is 11.3 Å². The standard InChI is InChI=1S/C41H54FN7O3/c1-26(2)18-31-22-49(23-38(31)50)41(51)47-36-20-32(42)19-34(27(36)3)39-35-21-37(46-40(35)45-25-44-39)30-6-4-29(5-7-30)24-52-33-11-16-48(17-12-33)15-10-28-8-13-43-14-9-28/h4-7,19-21,25-26,28,31,33,38,43,50H,8-18,22-24H2,1-3H3,(H,47,51)(H,44,45,46)/t31-,38-/m0/s1. The summed E-state index contributed by atoms with van der Waals surface area (Å²) in [4.78, 5) is 29.9. The summed E-state index contributed by atoms with van der Waals surface area (Å²) < 4.78 is 21.5. The summed E-state index contributed by atoms with van der Waals surface area (Å²) in [5, 5.41) is 17.7. The molecule has 4 aromatic rings. The number of aromatic amines is 1. The molecule has 7 rings (SSSR count). The van der Waals surface area contributed by atoms with E-state index in [0.29, 0.717) is 53.3 Å². The number of hydrogen-bond donors (Lipinski definition) is 4. The van der Waals surface area contributed by atoms with Crippen LogP contribution in [0.4, 0.5) is 14.9 Å². The van der Waals surface area contributed by atoms with E-state index in [1.165, 1.54) is 57.4 Å². The summed E-state index contributed by atoms with van der Waals surface area (Å²) in [5.41, 5.74) is 5.89. The fourth-order valence-electron chi connectivity index (χ4n) is 8.25. The molecule has 0 bridgehead atoms. The molecule has 2 amide bonds. The number of H-pyrrole nitrogens is 1. The van der Waals surface area contributed by atoms with E-state index in [1.807, 2.05) is 13.0 Å². The predicted octanol–water partition coefficient (Wildman–Crippen LogP) is 6.98. The molecule has 2 aromatic heterocycles. The van der Waals surface area contributed by atoms with E-state index in [0.717, 1.165) is 60.5 Å². The molecule has 2 aromatic carbocycles.